The Morgan fingerprint density at radius 2 is 1.62 bits per heavy atom. The summed E-state index contributed by atoms with van der Waals surface area (Å²) in [5.41, 5.74) is 3.21. The highest BCUT2D eigenvalue weighted by molar-refractivity contribution is 6.22. The van der Waals surface area contributed by atoms with E-state index in [9.17, 15) is 34.8 Å². The number of nitrogens with two attached hydrogens (primary N) is 1. The molecule has 3 atom stereocenters. The first kappa shape index (κ1) is 26.1. The molecule has 1 fully saturated rings. The number of ether oxygens (including phenoxy) is 3. The van der Waals surface area contributed by atoms with Gasteiger partial charge in [0, 0.05) is 23.5 Å². The lowest BCUT2D eigenvalue weighted by atomic mass is 9.59. The van der Waals surface area contributed by atoms with Crippen LogP contribution in [-0.4, -0.2) is 64.8 Å². The zero-order valence-corrected chi connectivity index (χ0v) is 21.4. The fourth-order valence-electron chi connectivity index (χ4n) is 6.19. The number of carbonyl (C=O) groups excluding carboxylic acids is 3. The highest BCUT2D eigenvalue weighted by atomic mass is 16.5. The van der Waals surface area contributed by atoms with Crippen LogP contribution in [0.15, 0.2) is 41.2 Å². The van der Waals surface area contributed by atoms with Crippen molar-refractivity contribution in [2.45, 2.75) is 24.9 Å². The topological polar surface area (TPSA) is 186 Å². The van der Waals surface area contributed by atoms with Crippen LogP contribution in [0, 0.1) is 11.8 Å². The summed E-state index contributed by atoms with van der Waals surface area (Å²) in [4.78, 5) is 38.1. The van der Waals surface area contributed by atoms with Crippen LogP contribution in [0.1, 0.15) is 24.0 Å². The van der Waals surface area contributed by atoms with Crippen molar-refractivity contribution < 1.29 is 49.0 Å². The lowest BCUT2D eigenvalue weighted by molar-refractivity contribution is -0.147. The minimum Gasteiger partial charge on any atom is -0.508 e. The Morgan fingerprint density at radius 3 is 2.23 bits per heavy atom. The number of aliphatic hydroxyl groups is 3. The molecule has 204 valence electrons. The van der Waals surface area contributed by atoms with Crippen molar-refractivity contribution in [1.29, 1.82) is 0 Å². The highest BCUT2D eigenvalue weighted by Gasteiger charge is 2.60. The van der Waals surface area contributed by atoms with Gasteiger partial charge in [-0.3, -0.25) is 14.4 Å². The number of aliphatic hydroxyl groups excluding tert-OH is 2. The summed E-state index contributed by atoms with van der Waals surface area (Å²) >= 11 is 0. The maximum atomic E-state index is 13.7. The Hall–Kier alpha value is -4.51. The molecule has 2 aromatic carbocycles. The first-order chi connectivity index (χ1) is 18.5. The van der Waals surface area contributed by atoms with Crippen LogP contribution in [0.2, 0.25) is 0 Å². The van der Waals surface area contributed by atoms with Gasteiger partial charge in [0.2, 0.25) is 11.5 Å². The molecule has 3 unspecified atom stereocenters. The van der Waals surface area contributed by atoms with Crippen molar-refractivity contribution in [2.24, 2.45) is 17.6 Å². The second kappa shape index (κ2) is 9.05. The van der Waals surface area contributed by atoms with E-state index in [0.717, 1.165) is 0 Å². The molecule has 6 N–H and O–H groups in total. The van der Waals surface area contributed by atoms with Crippen molar-refractivity contribution in [2.75, 3.05) is 21.3 Å². The third kappa shape index (κ3) is 3.49. The van der Waals surface area contributed by atoms with Crippen LogP contribution in [0.4, 0.5) is 0 Å². The molecule has 11 nitrogen and oxygen atoms in total. The number of hydrogen-bond acceptors (Lipinski definition) is 10. The van der Waals surface area contributed by atoms with Gasteiger partial charge in [0.1, 0.15) is 22.8 Å². The molecule has 0 bridgehead atoms. The van der Waals surface area contributed by atoms with Crippen molar-refractivity contribution in [1.82, 2.24) is 0 Å². The van der Waals surface area contributed by atoms with E-state index >= 15 is 0 Å². The Morgan fingerprint density at radius 1 is 0.949 bits per heavy atom. The van der Waals surface area contributed by atoms with Gasteiger partial charge in [-0.1, -0.05) is 6.07 Å². The number of carbonyl (C=O) groups is 3. The molecule has 0 spiro atoms. The fourth-order valence-corrected chi connectivity index (χ4v) is 6.19. The van der Waals surface area contributed by atoms with E-state index in [1.165, 1.54) is 27.4 Å². The number of rotatable bonds is 5. The number of hydrogen-bond donors (Lipinski definition) is 5. The highest BCUT2D eigenvalue weighted by Crippen LogP contribution is 2.54. The van der Waals surface area contributed by atoms with Crippen LogP contribution in [0.25, 0.3) is 16.9 Å². The molecule has 5 rings (SSSR count). The molecule has 11 heteroatoms. The molecule has 3 aliphatic rings. The number of ketones is 2. The fraction of sp³-hybridized carbons (Fsp3) is 0.321. The molecular formula is C28H27NO10. The smallest absolute Gasteiger partial charge is 0.255 e. The summed E-state index contributed by atoms with van der Waals surface area (Å²) in [5.74, 6) is -5.70. The molecule has 0 aliphatic heterocycles. The summed E-state index contributed by atoms with van der Waals surface area (Å²) < 4.78 is 16.5. The third-order valence-corrected chi connectivity index (χ3v) is 7.94. The molecule has 0 saturated heterocycles. The Kier molecular flexibility index (Phi) is 6.06. The Balaban J connectivity index is 1.72. The van der Waals surface area contributed by atoms with E-state index in [4.69, 9.17) is 19.9 Å². The number of amides is 1. The molecule has 1 saturated carbocycles. The van der Waals surface area contributed by atoms with Gasteiger partial charge in [0.05, 0.1) is 26.9 Å². The lowest BCUT2D eigenvalue weighted by Gasteiger charge is -2.46. The van der Waals surface area contributed by atoms with Crippen LogP contribution in [0.3, 0.4) is 0 Å². The van der Waals surface area contributed by atoms with E-state index in [0.29, 0.717) is 33.9 Å². The maximum absolute atomic E-state index is 13.7. The van der Waals surface area contributed by atoms with E-state index < -0.39 is 58.4 Å². The number of aromatic hydroxyl groups is 1. The first-order valence-electron chi connectivity index (χ1n) is 12.1. The van der Waals surface area contributed by atoms with Gasteiger partial charge in [-0.2, -0.15) is 0 Å². The van der Waals surface area contributed by atoms with E-state index in [1.807, 2.05) is 0 Å². The van der Waals surface area contributed by atoms with Crippen LogP contribution >= 0.6 is 0 Å². The molecule has 0 radical (unpaired) electrons. The van der Waals surface area contributed by atoms with E-state index in [1.54, 1.807) is 18.2 Å². The second-order valence-electron chi connectivity index (χ2n) is 9.77. The minimum atomic E-state index is -2.62. The number of benzene rings is 2. The van der Waals surface area contributed by atoms with Gasteiger partial charge < -0.3 is 40.4 Å². The minimum absolute atomic E-state index is 0.0172. The summed E-state index contributed by atoms with van der Waals surface area (Å²) in [6.45, 7) is 0. The maximum Gasteiger partial charge on any atom is 0.255 e. The van der Waals surface area contributed by atoms with Gasteiger partial charge in [-0.05, 0) is 48.1 Å². The Bertz CT molecular complexity index is 1520. The van der Waals surface area contributed by atoms with Gasteiger partial charge >= 0.3 is 0 Å². The number of methoxy groups -OCH3 is 3. The number of fused-ring (bicyclic) bond motifs is 3. The zero-order chi connectivity index (χ0) is 28.4. The predicted octanol–water partition coefficient (Wildman–Crippen LogP) is 2.12. The summed E-state index contributed by atoms with van der Waals surface area (Å²) in [6, 6.07) is 6.42. The normalized spacial score (nSPS) is 24.1. The number of phenols is 1. The summed E-state index contributed by atoms with van der Waals surface area (Å²) in [6.07, 6.45) is -0.213. The predicted molar refractivity (Wildman–Crippen MR) is 136 cm³/mol. The van der Waals surface area contributed by atoms with Crippen LogP contribution in [-0.2, 0) is 20.8 Å². The number of primary amides is 1. The third-order valence-electron chi connectivity index (χ3n) is 7.94. The van der Waals surface area contributed by atoms with E-state index in [2.05, 4.69) is 0 Å². The standard InChI is InChI=1S/C28H27NO10/c1-37-18-7-5-14(23(38-2)24(18)39-3)13-4-6-16(30)20-15(13)9-11-8-12-10-17(31)21(27(29)35)26(34)28(12,36)25(33)19(11)22(20)32/h4-7,11-12,30,32,34,36H,8-10H2,1-3H3,(H2,29,35). The average molecular weight is 538 g/mol. The van der Waals surface area contributed by atoms with Crippen molar-refractivity contribution in [3.63, 3.8) is 0 Å². The molecule has 3 aliphatic carbocycles. The Labute approximate surface area is 222 Å². The SMILES string of the molecule is COc1ccc(-c2ccc(O)c3c2CC2CC4CC(=O)C(C(N)=O)=C(O)C4(O)C(=O)C2=C3O)c(OC)c1OC. The number of phenolic OH excluding ortho intramolecular Hbond substituents is 1. The van der Waals surface area contributed by atoms with Crippen LogP contribution in [0.5, 0.6) is 23.0 Å². The van der Waals surface area contributed by atoms with Gasteiger partial charge in [-0.25, -0.2) is 0 Å². The van der Waals surface area contributed by atoms with Gasteiger partial charge in [0.25, 0.3) is 5.91 Å². The lowest BCUT2D eigenvalue weighted by Crippen LogP contribution is -2.58. The monoisotopic (exact) mass is 537 g/mol. The molecular weight excluding hydrogens is 510 g/mol. The molecule has 0 heterocycles. The average Bonchev–Trinajstić information content (AvgIpc) is 2.89. The molecule has 2 aromatic rings. The van der Waals surface area contributed by atoms with Crippen molar-refractivity contribution >= 4 is 23.2 Å². The van der Waals surface area contributed by atoms with Gasteiger partial charge in [-0.15, -0.1) is 0 Å². The molecule has 1 amide bonds. The largest absolute Gasteiger partial charge is 0.508 e. The van der Waals surface area contributed by atoms with E-state index in [-0.39, 0.29) is 29.7 Å². The van der Waals surface area contributed by atoms with Gasteiger partial charge in [0.15, 0.2) is 22.9 Å². The second-order valence-corrected chi connectivity index (χ2v) is 9.77. The quantitative estimate of drug-likeness (QED) is 0.354. The van der Waals surface area contributed by atoms with Crippen LogP contribution < -0.4 is 19.9 Å². The van der Waals surface area contributed by atoms with Crippen molar-refractivity contribution in [3.05, 3.63) is 52.3 Å². The molecule has 0 aromatic heterocycles. The van der Waals surface area contributed by atoms with Crippen molar-refractivity contribution in [3.8, 4) is 34.1 Å². The molecule has 39 heavy (non-hydrogen) atoms. The summed E-state index contributed by atoms with van der Waals surface area (Å²) in [5, 5.41) is 44.2. The number of Topliss-reactive ketones (excluding diaryl/α,β-unsaturated/α-hetero) is 2. The summed E-state index contributed by atoms with van der Waals surface area (Å²) in [7, 11) is 4.41. The zero-order valence-electron chi connectivity index (χ0n) is 21.4. The first-order valence-corrected chi connectivity index (χ1v) is 12.1.